The SMILES string of the molecule is O=C(CCC/C=C\C[C@@H]1[C@@H](/C=C/[C@@H](O)CCc2cccc(C(F)(F)F)c2)[C@H](O)C[C@@H]1O)NCCCO[N+](=O)[O-]. The number of hydrogen-bond acceptors (Lipinski definition) is 7. The minimum atomic E-state index is -4.43. The number of allylic oxidation sites excluding steroid dienone is 2. The molecule has 0 spiro atoms. The Morgan fingerprint density at radius 3 is 2.72 bits per heavy atom. The third kappa shape index (κ3) is 12.2. The van der Waals surface area contributed by atoms with E-state index in [0.717, 1.165) is 12.1 Å². The molecule has 0 heterocycles. The average Bonchev–Trinajstić information content (AvgIpc) is 3.14. The number of hydrogen-bond donors (Lipinski definition) is 4. The van der Waals surface area contributed by atoms with Gasteiger partial charge in [0.25, 0.3) is 5.09 Å². The largest absolute Gasteiger partial charge is 0.416 e. The summed E-state index contributed by atoms with van der Waals surface area (Å²) in [4.78, 5) is 26.0. The van der Waals surface area contributed by atoms with Crippen LogP contribution in [0.15, 0.2) is 48.6 Å². The lowest BCUT2D eigenvalue weighted by Gasteiger charge is -2.19. The van der Waals surface area contributed by atoms with E-state index in [1.807, 2.05) is 12.2 Å². The highest BCUT2D eigenvalue weighted by Gasteiger charge is 2.39. The first-order valence-electron chi connectivity index (χ1n) is 13.0. The molecule has 0 saturated heterocycles. The van der Waals surface area contributed by atoms with Crippen molar-refractivity contribution >= 4 is 5.91 Å². The monoisotopic (exact) mass is 558 g/mol. The summed E-state index contributed by atoms with van der Waals surface area (Å²) in [6, 6.07) is 4.99. The van der Waals surface area contributed by atoms with Crippen molar-refractivity contribution in [1.29, 1.82) is 0 Å². The van der Waals surface area contributed by atoms with E-state index >= 15 is 0 Å². The van der Waals surface area contributed by atoms with Gasteiger partial charge in [-0.2, -0.15) is 13.2 Å². The third-order valence-corrected chi connectivity index (χ3v) is 6.64. The van der Waals surface area contributed by atoms with Crippen LogP contribution in [0.4, 0.5) is 13.2 Å². The first-order chi connectivity index (χ1) is 18.5. The molecule has 1 amide bonds. The van der Waals surface area contributed by atoms with E-state index in [0.29, 0.717) is 44.2 Å². The van der Waals surface area contributed by atoms with Gasteiger partial charge in [-0.25, -0.2) is 0 Å². The minimum Gasteiger partial charge on any atom is -0.393 e. The molecule has 0 unspecified atom stereocenters. The van der Waals surface area contributed by atoms with E-state index in [1.165, 1.54) is 12.1 Å². The lowest BCUT2D eigenvalue weighted by molar-refractivity contribution is -0.757. The van der Waals surface area contributed by atoms with Crippen LogP contribution in [-0.2, 0) is 22.2 Å². The topological polar surface area (TPSA) is 142 Å². The van der Waals surface area contributed by atoms with Crippen LogP contribution in [0.25, 0.3) is 0 Å². The zero-order chi connectivity index (χ0) is 28.8. The molecule has 1 saturated carbocycles. The molecule has 2 rings (SSSR count). The predicted octanol–water partition coefficient (Wildman–Crippen LogP) is 3.74. The second-order valence-electron chi connectivity index (χ2n) is 9.66. The standard InChI is InChI=1S/C27H37F3N2O7/c28-27(29,30)20-8-5-7-19(17-20)11-12-21(33)13-14-23-22(24(34)18-25(23)35)9-3-1-2-4-10-26(36)31-15-6-16-39-32(37)38/h1,3,5,7-8,13-14,17,21-25,33-35H,2,4,6,9-12,15-16,18H2,(H,31,36)/b3-1-,14-13+/t21-,22+,23+,24-,25+/m0/s1. The highest BCUT2D eigenvalue weighted by atomic mass is 19.4. The quantitative estimate of drug-likeness (QED) is 0.105. The fourth-order valence-electron chi connectivity index (χ4n) is 4.56. The smallest absolute Gasteiger partial charge is 0.393 e. The number of carbonyl (C=O) groups is 1. The third-order valence-electron chi connectivity index (χ3n) is 6.64. The number of aliphatic hydroxyl groups excluding tert-OH is 3. The molecule has 12 heteroatoms. The molecule has 0 bridgehead atoms. The van der Waals surface area contributed by atoms with Crippen molar-refractivity contribution < 1.29 is 43.2 Å². The molecule has 1 aromatic rings. The van der Waals surface area contributed by atoms with Crippen LogP contribution in [0.2, 0.25) is 0 Å². The fraction of sp³-hybridized carbons (Fsp3) is 0.593. The lowest BCUT2D eigenvalue weighted by Crippen LogP contribution is -2.25. The van der Waals surface area contributed by atoms with Crippen LogP contribution >= 0.6 is 0 Å². The summed E-state index contributed by atoms with van der Waals surface area (Å²) < 4.78 is 38.6. The van der Waals surface area contributed by atoms with E-state index in [1.54, 1.807) is 12.1 Å². The molecular weight excluding hydrogens is 521 g/mol. The summed E-state index contributed by atoms with van der Waals surface area (Å²) in [7, 11) is 0. The Morgan fingerprint density at radius 2 is 2.00 bits per heavy atom. The van der Waals surface area contributed by atoms with Crippen LogP contribution in [0.5, 0.6) is 0 Å². The molecule has 0 aliphatic heterocycles. The number of alkyl halides is 3. The first-order valence-corrected chi connectivity index (χ1v) is 13.0. The van der Waals surface area contributed by atoms with Gasteiger partial charge in [0.1, 0.15) is 0 Å². The summed E-state index contributed by atoms with van der Waals surface area (Å²) in [6.07, 6.45) is 3.23. The van der Waals surface area contributed by atoms with E-state index < -0.39 is 35.1 Å². The summed E-state index contributed by atoms with van der Waals surface area (Å²) in [6.45, 7) is 0.214. The summed E-state index contributed by atoms with van der Waals surface area (Å²) in [5, 5.41) is 42.9. The number of nitrogens with one attached hydrogen (secondary N) is 1. The Labute approximate surface area is 225 Å². The van der Waals surface area contributed by atoms with Gasteiger partial charge in [-0.15, -0.1) is 10.1 Å². The van der Waals surface area contributed by atoms with Crippen LogP contribution in [0.1, 0.15) is 56.1 Å². The van der Waals surface area contributed by atoms with E-state index in [9.17, 15) is 43.4 Å². The van der Waals surface area contributed by atoms with Crippen molar-refractivity contribution in [1.82, 2.24) is 5.32 Å². The maximum Gasteiger partial charge on any atom is 0.416 e. The van der Waals surface area contributed by atoms with Gasteiger partial charge in [-0.05, 0) is 56.1 Å². The number of unbranched alkanes of at least 4 members (excludes halogenated alkanes) is 1. The van der Waals surface area contributed by atoms with Crippen molar-refractivity contribution in [3.63, 3.8) is 0 Å². The Hall–Kier alpha value is -2.96. The van der Waals surface area contributed by atoms with Gasteiger partial charge in [0, 0.05) is 25.3 Å². The number of benzene rings is 1. The van der Waals surface area contributed by atoms with Crippen LogP contribution in [-0.4, -0.2) is 57.8 Å². The van der Waals surface area contributed by atoms with Crippen LogP contribution in [0.3, 0.4) is 0 Å². The highest BCUT2D eigenvalue weighted by Crippen LogP contribution is 2.36. The molecule has 9 nitrogen and oxygen atoms in total. The molecule has 1 aliphatic carbocycles. The highest BCUT2D eigenvalue weighted by molar-refractivity contribution is 5.75. The van der Waals surface area contributed by atoms with Gasteiger partial charge in [-0.1, -0.05) is 42.5 Å². The summed E-state index contributed by atoms with van der Waals surface area (Å²) in [5.41, 5.74) is -0.262. The molecule has 39 heavy (non-hydrogen) atoms. The number of rotatable bonds is 16. The van der Waals surface area contributed by atoms with Crippen molar-refractivity contribution in [2.75, 3.05) is 13.2 Å². The van der Waals surface area contributed by atoms with Crippen molar-refractivity contribution in [3.8, 4) is 0 Å². The maximum atomic E-state index is 12.9. The Kier molecular flexibility index (Phi) is 13.4. The number of amides is 1. The van der Waals surface area contributed by atoms with Crippen molar-refractivity contribution in [3.05, 3.63) is 69.8 Å². The minimum absolute atomic E-state index is 0.0767. The summed E-state index contributed by atoms with van der Waals surface area (Å²) >= 11 is 0. The number of nitrogens with zero attached hydrogens (tertiary/aromatic N) is 1. The first kappa shape index (κ1) is 32.3. The van der Waals surface area contributed by atoms with Gasteiger partial charge in [0.05, 0.1) is 30.5 Å². The number of aryl methyl sites for hydroxylation is 1. The molecule has 5 atom stereocenters. The second-order valence-corrected chi connectivity index (χ2v) is 9.66. The Bertz CT molecular complexity index is 971. The molecule has 1 aromatic carbocycles. The molecular formula is C27H37F3N2O7. The summed E-state index contributed by atoms with van der Waals surface area (Å²) in [5.74, 6) is -0.790. The van der Waals surface area contributed by atoms with Gasteiger partial charge < -0.3 is 25.5 Å². The Balaban J connectivity index is 1.73. The molecule has 0 aromatic heterocycles. The predicted molar refractivity (Wildman–Crippen MR) is 137 cm³/mol. The zero-order valence-electron chi connectivity index (χ0n) is 21.6. The molecule has 4 N–H and O–H groups in total. The number of aliphatic hydroxyl groups is 3. The van der Waals surface area contributed by atoms with Gasteiger partial charge in [0.2, 0.25) is 5.91 Å². The van der Waals surface area contributed by atoms with Gasteiger partial charge in [-0.3, -0.25) is 4.79 Å². The van der Waals surface area contributed by atoms with Gasteiger partial charge >= 0.3 is 6.18 Å². The fourth-order valence-corrected chi connectivity index (χ4v) is 4.56. The lowest BCUT2D eigenvalue weighted by atomic mass is 9.89. The van der Waals surface area contributed by atoms with Crippen molar-refractivity contribution in [2.45, 2.75) is 75.9 Å². The zero-order valence-corrected chi connectivity index (χ0v) is 21.6. The molecule has 0 radical (unpaired) electrons. The normalized spacial score (nSPS) is 22.4. The second kappa shape index (κ2) is 16.2. The molecule has 1 fully saturated rings. The Morgan fingerprint density at radius 1 is 1.23 bits per heavy atom. The van der Waals surface area contributed by atoms with Crippen molar-refractivity contribution in [2.24, 2.45) is 11.8 Å². The number of halogens is 3. The van der Waals surface area contributed by atoms with Crippen LogP contribution < -0.4 is 5.32 Å². The number of carbonyl (C=O) groups excluding carboxylic acids is 1. The van der Waals surface area contributed by atoms with E-state index in [4.69, 9.17) is 0 Å². The average molecular weight is 559 g/mol. The molecule has 1 aliphatic rings. The maximum absolute atomic E-state index is 12.9. The van der Waals surface area contributed by atoms with E-state index in [2.05, 4.69) is 10.2 Å². The van der Waals surface area contributed by atoms with E-state index in [-0.39, 0.29) is 43.6 Å². The van der Waals surface area contributed by atoms with Gasteiger partial charge in [0.15, 0.2) is 0 Å². The van der Waals surface area contributed by atoms with Crippen LogP contribution in [0, 0.1) is 22.0 Å². The molecule has 218 valence electrons.